The van der Waals surface area contributed by atoms with Gasteiger partial charge in [0, 0.05) is 23.0 Å². The topological polar surface area (TPSA) is 104 Å². The Labute approximate surface area is 233 Å². The molecule has 41 heavy (non-hydrogen) atoms. The fourth-order valence-electron chi connectivity index (χ4n) is 4.82. The van der Waals surface area contributed by atoms with E-state index in [-0.39, 0.29) is 46.9 Å². The number of para-hydroxylation sites is 1. The molecule has 1 aromatic heterocycles. The number of halogens is 3. The first kappa shape index (κ1) is 29.3. The van der Waals surface area contributed by atoms with Gasteiger partial charge in [-0.2, -0.15) is 13.2 Å². The lowest BCUT2D eigenvalue weighted by molar-refractivity contribution is -0.142. The quantitative estimate of drug-likeness (QED) is 0.231. The maximum absolute atomic E-state index is 14.0. The largest absolute Gasteiger partial charge is 0.466 e. The van der Waals surface area contributed by atoms with Crippen molar-refractivity contribution in [1.82, 2.24) is 10.3 Å². The van der Waals surface area contributed by atoms with Gasteiger partial charge >= 0.3 is 24.1 Å². The molecule has 0 bridgehead atoms. The number of aryl methyl sites for hydroxylation is 1. The van der Waals surface area contributed by atoms with Gasteiger partial charge in [0.2, 0.25) is 0 Å². The van der Waals surface area contributed by atoms with Gasteiger partial charge in [0.05, 0.1) is 40.8 Å². The Morgan fingerprint density at radius 2 is 1.51 bits per heavy atom. The Kier molecular flexibility index (Phi) is 8.46. The normalized spacial score (nSPS) is 15.4. The van der Waals surface area contributed by atoms with Crippen molar-refractivity contribution in [3.05, 3.63) is 99.5 Å². The second-order valence-corrected chi connectivity index (χ2v) is 9.35. The van der Waals surface area contributed by atoms with Crippen molar-refractivity contribution >= 4 is 28.8 Å². The third-order valence-corrected chi connectivity index (χ3v) is 6.66. The number of nitrogens with one attached hydrogen (secondary N) is 1. The first-order valence-corrected chi connectivity index (χ1v) is 12.6. The second-order valence-electron chi connectivity index (χ2n) is 9.35. The van der Waals surface area contributed by atoms with Crippen LogP contribution in [0, 0.1) is 6.92 Å². The van der Waals surface area contributed by atoms with Gasteiger partial charge in [0.15, 0.2) is 0 Å². The van der Waals surface area contributed by atoms with Gasteiger partial charge in [-0.25, -0.2) is 14.4 Å². The summed E-state index contributed by atoms with van der Waals surface area (Å²) in [6, 6.07) is 11.9. The lowest BCUT2D eigenvalue weighted by Gasteiger charge is -2.31. The number of hydrogen-bond acceptors (Lipinski definition) is 8. The fraction of sp³-hybridized carbons (Fsp3) is 0.267. The van der Waals surface area contributed by atoms with Gasteiger partial charge in [-0.1, -0.05) is 36.4 Å². The summed E-state index contributed by atoms with van der Waals surface area (Å²) >= 11 is 0. The van der Waals surface area contributed by atoms with Crippen molar-refractivity contribution < 1.29 is 41.8 Å². The number of esters is 3. The van der Waals surface area contributed by atoms with Crippen molar-refractivity contribution in [2.24, 2.45) is 0 Å². The molecule has 0 spiro atoms. The van der Waals surface area contributed by atoms with Crippen LogP contribution in [0.25, 0.3) is 10.9 Å². The number of dihydropyridines is 1. The summed E-state index contributed by atoms with van der Waals surface area (Å²) in [5.41, 5.74) is 0.674. The third-order valence-electron chi connectivity index (χ3n) is 6.66. The van der Waals surface area contributed by atoms with E-state index in [0.29, 0.717) is 0 Å². The number of benzene rings is 2. The van der Waals surface area contributed by atoms with Crippen molar-refractivity contribution in [2.45, 2.75) is 32.9 Å². The van der Waals surface area contributed by atoms with Crippen molar-refractivity contribution in [3.63, 3.8) is 0 Å². The molecule has 1 aliphatic rings. The van der Waals surface area contributed by atoms with Crippen LogP contribution in [0.1, 0.15) is 46.8 Å². The van der Waals surface area contributed by atoms with Gasteiger partial charge in [-0.05, 0) is 44.0 Å². The number of alkyl halides is 3. The van der Waals surface area contributed by atoms with Crippen LogP contribution < -0.4 is 5.32 Å². The molecule has 0 fully saturated rings. The summed E-state index contributed by atoms with van der Waals surface area (Å²) in [6.45, 7) is 4.19. The van der Waals surface area contributed by atoms with Gasteiger partial charge in [0.25, 0.3) is 0 Å². The zero-order valence-electron chi connectivity index (χ0n) is 22.7. The molecule has 214 valence electrons. The lowest BCUT2D eigenvalue weighted by atomic mass is 9.78. The van der Waals surface area contributed by atoms with Crippen LogP contribution in [0.2, 0.25) is 0 Å². The number of pyridine rings is 1. The van der Waals surface area contributed by atoms with Crippen LogP contribution in [-0.2, 0) is 30.0 Å². The van der Waals surface area contributed by atoms with Gasteiger partial charge in [-0.3, -0.25) is 4.98 Å². The molecular weight excluding hydrogens is 541 g/mol. The molecule has 2 aromatic carbocycles. The summed E-state index contributed by atoms with van der Waals surface area (Å²) in [4.78, 5) is 42.9. The zero-order valence-corrected chi connectivity index (χ0v) is 22.7. The summed E-state index contributed by atoms with van der Waals surface area (Å²) < 4.78 is 57.3. The number of carbonyl (C=O) groups excluding carboxylic acids is 3. The number of aromatic nitrogens is 1. The number of allylic oxidation sites excluding steroid dienone is 2. The Morgan fingerprint density at radius 1 is 0.878 bits per heavy atom. The van der Waals surface area contributed by atoms with Crippen LogP contribution >= 0.6 is 0 Å². The van der Waals surface area contributed by atoms with E-state index in [4.69, 9.17) is 14.2 Å². The summed E-state index contributed by atoms with van der Waals surface area (Å²) in [5, 5.41) is 3.62. The van der Waals surface area contributed by atoms with Gasteiger partial charge in [-0.15, -0.1) is 0 Å². The van der Waals surface area contributed by atoms with Crippen LogP contribution in [0.3, 0.4) is 0 Å². The molecule has 2 heterocycles. The molecule has 0 saturated heterocycles. The highest BCUT2D eigenvalue weighted by Crippen LogP contribution is 2.44. The number of rotatable bonds is 7. The highest BCUT2D eigenvalue weighted by atomic mass is 19.4. The molecular formula is C30H27F3N2O6. The van der Waals surface area contributed by atoms with Crippen LogP contribution in [0.4, 0.5) is 13.2 Å². The molecule has 0 amide bonds. The van der Waals surface area contributed by atoms with E-state index in [0.717, 1.165) is 29.6 Å². The average Bonchev–Trinajstić information content (AvgIpc) is 2.93. The lowest BCUT2D eigenvalue weighted by Crippen LogP contribution is -2.33. The van der Waals surface area contributed by atoms with Crippen molar-refractivity contribution in [1.29, 1.82) is 0 Å². The molecule has 1 N–H and O–H groups in total. The van der Waals surface area contributed by atoms with E-state index in [2.05, 4.69) is 10.3 Å². The number of nitrogens with zero attached hydrogens (tertiary/aromatic N) is 1. The molecule has 1 unspecified atom stereocenters. The number of ether oxygens (including phenoxy) is 3. The Hall–Kier alpha value is -4.67. The Bertz CT molecular complexity index is 1590. The SMILES string of the molecule is COC(=O)C1=C(C)NC(C)=C(C(=O)OCCOC(=O)c2cnc3c(C)cccc3c2)C1c1ccccc1C(F)(F)F. The molecule has 3 aromatic rings. The molecule has 0 saturated carbocycles. The summed E-state index contributed by atoms with van der Waals surface area (Å²) in [6.07, 6.45) is -3.37. The smallest absolute Gasteiger partial charge is 0.416 e. The van der Waals surface area contributed by atoms with Gasteiger partial charge < -0.3 is 19.5 Å². The molecule has 8 nitrogen and oxygen atoms in total. The number of carbonyl (C=O) groups is 3. The fourth-order valence-corrected chi connectivity index (χ4v) is 4.82. The highest BCUT2D eigenvalue weighted by molar-refractivity contribution is 6.00. The van der Waals surface area contributed by atoms with E-state index < -0.39 is 35.6 Å². The first-order chi connectivity index (χ1) is 19.4. The minimum Gasteiger partial charge on any atom is -0.466 e. The van der Waals surface area contributed by atoms with E-state index in [1.54, 1.807) is 6.07 Å². The number of fused-ring (bicyclic) bond motifs is 1. The van der Waals surface area contributed by atoms with Crippen LogP contribution in [0.5, 0.6) is 0 Å². The molecule has 1 aliphatic heterocycles. The second kappa shape index (κ2) is 11.8. The van der Waals surface area contributed by atoms with Crippen LogP contribution in [-0.4, -0.2) is 43.2 Å². The monoisotopic (exact) mass is 568 g/mol. The third kappa shape index (κ3) is 6.08. The molecule has 4 rings (SSSR count). The van der Waals surface area contributed by atoms with E-state index in [1.807, 2.05) is 25.1 Å². The first-order valence-electron chi connectivity index (χ1n) is 12.6. The van der Waals surface area contributed by atoms with Crippen molar-refractivity contribution in [3.8, 4) is 0 Å². The van der Waals surface area contributed by atoms with Crippen molar-refractivity contribution in [2.75, 3.05) is 20.3 Å². The van der Waals surface area contributed by atoms with E-state index in [9.17, 15) is 27.6 Å². The predicted molar refractivity (Wildman–Crippen MR) is 142 cm³/mol. The van der Waals surface area contributed by atoms with Crippen LogP contribution in [0.15, 0.2) is 77.3 Å². The standard InChI is InChI=1S/C30H27F3N2O6/c1-16-8-7-9-19-14-20(15-34-26(16)19)27(36)40-12-13-41-29(38)24-18(3)35-17(2)23(28(37)39-4)25(24)21-10-5-6-11-22(21)30(31,32)33/h5-11,14-15,25,35H,12-13H2,1-4H3. The number of methoxy groups -OCH3 is 1. The minimum absolute atomic E-state index is 0.160. The number of hydrogen-bond donors (Lipinski definition) is 1. The Balaban J connectivity index is 1.54. The van der Waals surface area contributed by atoms with Gasteiger partial charge in [0.1, 0.15) is 13.2 Å². The maximum atomic E-state index is 14.0. The molecule has 11 heteroatoms. The van der Waals surface area contributed by atoms with E-state index in [1.165, 1.54) is 38.2 Å². The predicted octanol–water partition coefficient (Wildman–Crippen LogP) is 5.37. The maximum Gasteiger partial charge on any atom is 0.416 e. The van der Waals surface area contributed by atoms with E-state index >= 15 is 0 Å². The molecule has 0 radical (unpaired) electrons. The molecule has 0 aliphatic carbocycles. The Morgan fingerprint density at radius 3 is 2.17 bits per heavy atom. The highest BCUT2D eigenvalue weighted by Gasteiger charge is 2.43. The minimum atomic E-state index is -4.76. The zero-order chi connectivity index (χ0) is 29.9. The summed E-state index contributed by atoms with van der Waals surface area (Å²) in [5.74, 6) is -3.99. The summed E-state index contributed by atoms with van der Waals surface area (Å²) in [7, 11) is 1.10. The molecule has 1 atom stereocenters. The average molecular weight is 569 g/mol.